The molecule has 7 nitrogen and oxygen atoms in total. The van der Waals surface area contributed by atoms with Crippen molar-refractivity contribution < 1.29 is 24.2 Å². The van der Waals surface area contributed by atoms with Gasteiger partial charge in [0.25, 0.3) is 5.91 Å². The van der Waals surface area contributed by atoms with Crippen molar-refractivity contribution >= 4 is 28.3 Å². The van der Waals surface area contributed by atoms with E-state index in [2.05, 4.69) is 12.2 Å². The Kier molecular flexibility index (Phi) is 7.55. The number of aliphatic hydroxyl groups excluding tert-OH is 2. The lowest BCUT2D eigenvalue weighted by atomic mass is 9.47. The van der Waals surface area contributed by atoms with Gasteiger partial charge in [0.05, 0.1) is 18.4 Å². The van der Waals surface area contributed by atoms with Gasteiger partial charge >= 0.3 is 0 Å². The summed E-state index contributed by atoms with van der Waals surface area (Å²) in [7, 11) is 0. The molecule has 196 valence electrons. The van der Waals surface area contributed by atoms with Crippen LogP contribution in [-0.4, -0.2) is 57.7 Å². The smallest absolute Gasteiger partial charge is 0.257 e. The summed E-state index contributed by atoms with van der Waals surface area (Å²) < 4.78 is 13.3. The number of nitrogens with zero attached hydrogens (tertiary/aromatic N) is 2. The maximum absolute atomic E-state index is 13.3. The van der Waals surface area contributed by atoms with Crippen molar-refractivity contribution in [3.63, 3.8) is 0 Å². The van der Waals surface area contributed by atoms with Gasteiger partial charge in [0.2, 0.25) is 5.91 Å². The molecule has 1 aromatic heterocycles. The molecule has 1 saturated carbocycles. The fourth-order valence-electron chi connectivity index (χ4n) is 6.35. The van der Waals surface area contributed by atoms with Gasteiger partial charge in [0.1, 0.15) is 5.82 Å². The minimum absolute atomic E-state index is 0.0538. The molecule has 4 rings (SSSR count). The predicted molar refractivity (Wildman–Crippen MR) is 137 cm³/mol. The minimum atomic E-state index is -0.706. The lowest BCUT2D eigenvalue weighted by Crippen LogP contribution is -2.57. The molecule has 0 saturated heterocycles. The molecule has 5 unspecified atom stereocenters. The molecule has 2 aromatic rings. The van der Waals surface area contributed by atoms with Gasteiger partial charge in [-0.3, -0.25) is 14.9 Å². The number of fused-ring (bicyclic) bond motifs is 2. The van der Waals surface area contributed by atoms with E-state index in [-0.39, 0.29) is 42.1 Å². The van der Waals surface area contributed by atoms with Crippen molar-refractivity contribution in [1.82, 2.24) is 9.88 Å². The summed E-state index contributed by atoms with van der Waals surface area (Å²) in [6.07, 6.45) is 1.53. The highest BCUT2D eigenvalue weighted by atomic mass is 32.1. The summed E-state index contributed by atoms with van der Waals surface area (Å²) in [5.41, 5.74) is 0.0985. The van der Waals surface area contributed by atoms with Crippen molar-refractivity contribution in [2.45, 2.75) is 65.4 Å². The van der Waals surface area contributed by atoms with E-state index in [0.717, 1.165) is 17.0 Å². The SMILES string of the molecule is CCN(CC)C(=O)CC1c2nc(NC(=O)c3ccc(F)cc3)sc2CC2C(C)(CO)C(O)CCC12C. The van der Waals surface area contributed by atoms with Crippen LogP contribution in [0.15, 0.2) is 24.3 Å². The Labute approximate surface area is 215 Å². The number of carbonyl (C=O) groups is 2. The number of benzene rings is 1. The molecule has 36 heavy (non-hydrogen) atoms. The number of rotatable bonds is 7. The van der Waals surface area contributed by atoms with Crippen molar-refractivity contribution in [1.29, 1.82) is 0 Å². The topological polar surface area (TPSA) is 103 Å². The third-order valence-electron chi connectivity index (χ3n) is 8.72. The average molecular weight is 518 g/mol. The molecule has 1 fully saturated rings. The fourth-order valence-corrected chi connectivity index (χ4v) is 7.41. The number of hydrogen-bond donors (Lipinski definition) is 3. The first kappa shape index (κ1) is 26.7. The van der Waals surface area contributed by atoms with Crippen LogP contribution in [0, 0.1) is 22.6 Å². The first-order valence-electron chi connectivity index (χ1n) is 12.7. The first-order chi connectivity index (χ1) is 17.1. The molecule has 0 radical (unpaired) electrons. The normalized spacial score (nSPS) is 29.2. The molecule has 2 aliphatic carbocycles. The van der Waals surface area contributed by atoms with Crippen LogP contribution in [0.2, 0.25) is 0 Å². The monoisotopic (exact) mass is 517 g/mol. The van der Waals surface area contributed by atoms with Gasteiger partial charge in [-0.05, 0) is 68.7 Å². The number of anilines is 1. The Bertz CT molecular complexity index is 1120. The number of aromatic nitrogens is 1. The minimum Gasteiger partial charge on any atom is -0.396 e. The Morgan fingerprint density at radius 1 is 1.22 bits per heavy atom. The van der Waals surface area contributed by atoms with Crippen LogP contribution in [0.4, 0.5) is 9.52 Å². The number of hydrogen-bond acceptors (Lipinski definition) is 6. The molecule has 1 heterocycles. The van der Waals surface area contributed by atoms with Crippen LogP contribution < -0.4 is 5.32 Å². The third kappa shape index (κ3) is 4.57. The Morgan fingerprint density at radius 3 is 2.50 bits per heavy atom. The lowest BCUT2D eigenvalue weighted by Gasteiger charge is -2.58. The first-order valence-corrected chi connectivity index (χ1v) is 13.5. The fraction of sp³-hybridized carbons (Fsp3) is 0.593. The second kappa shape index (κ2) is 10.2. The summed E-state index contributed by atoms with van der Waals surface area (Å²) in [6.45, 7) is 9.13. The van der Waals surface area contributed by atoms with Crippen LogP contribution in [0.1, 0.15) is 73.8 Å². The average Bonchev–Trinajstić information content (AvgIpc) is 3.26. The number of aliphatic hydroxyl groups is 2. The van der Waals surface area contributed by atoms with E-state index in [1.807, 2.05) is 25.7 Å². The molecule has 3 N–H and O–H groups in total. The van der Waals surface area contributed by atoms with Crippen molar-refractivity contribution in [3.8, 4) is 0 Å². The maximum atomic E-state index is 13.3. The summed E-state index contributed by atoms with van der Waals surface area (Å²) in [5, 5.41) is 24.6. The third-order valence-corrected chi connectivity index (χ3v) is 9.72. The second-order valence-corrected chi connectivity index (χ2v) is 11.7. The zero-order chi connectivity index (χ0) is 26.3. The van der Waals surface area contributed by atoms with Crippen LogP contribution in [0.25, 0.3) is 0 Å². The van der Waals surface area contributed by atoms with Gasteiger partial charge in [-0.25, -0.2) is 9.37 Å². The Balaban J connectivity index is 1.72. The maximum Gasteiger partial charge on any atom is 0.257 e. The molecule has 0 aliphatic heterocycles. The zero-order valence-electron chi connectivity index (χ0n) is 21.4. The molecule has 2 aliphatic rings. The van der Waals surface area contributed by atoms with Gasteiger partial charge in [-0.15, -0.1) is 11.3 Å². The summed E-state index contributed by atoms with van der Waals surface area (Å²) in [6, 6.07) is 5.33. The number of halogens is 1. The summed E-state index contributed by atoms with van der Waals surface area (Å²) in [4.78, 5) is 33.7. The van der Waals surface area contributed by atoms with Crippen LogP contribution in [0.3, 0.4) is 0 Å². The van der Waals surface area contributed by atoms with E-state index in [0.29, 0.717) is 36.6 Å². The zero-order valence-corrected chi connectivity index (χ0v) is 22.2. The molecular weight excluding hydrogens is 481 g/mol. The predicted octanol–water partition coefficient (Wildman–Crippen LogP) is 4.21. The number of thiazole rings is 1. The van der Waals surface area contributed by atoms with E-state index in [9.17, 15) is 24.2 Å². The van der Waals surface area contributed by atoms with Crippen molar-refractivity contribution in [2.75, 3.05) is 25.0 Å². The highest BCUT2D eigenvalue weighted by Gasteiger charge is 2.59. The Morgan fingerprint density at radius 2 is 1.89 bits per heavy atom. The second-order valence-electron chi connectivity index (χ2n) is 10.6. The number of carbonyl (C=O) groups excluding carboxylic acids is 2. The van der Waals surface area contributed by atoms with E-state index < -0.39 is 17.3 Å². The molecule has 0 bridgehead atoms. The highest BCUT2D eigenvalue weighted by molar-refractivity contribution is 7.15. The van der Waals surface area contributed by atoms with Crippen molar-refractivity contribution in [3.05, 3.63) is 46.2 Å². The Hall–Kier alpha value is -2.36. The molecule has 2 amide bonds. The van der Waals surface area contributed by atoms with Crippen LogP contribution in [0.5, 0.6) is 0 Å². The molecule has 9 heteroatoms. The van der Waals surface area contributed by atoms with Crippen LogP contribution >= 0.6 is 11.3 Å². The molecule has 1 aromatic carbocycles. The van der Waals surface area contributed by atoms with E-state index in [1.54, 1.807) is 0 Å². The van der Waals surface area contributed by atoms with Gasteiger partial charge in [0, 0.05) is 41.3 Å². The summed E-state index contributed by atoms with van der Waals surface area (Å²) >= 11 is 1.37. The highest BCUT2D eigenvalue weighted by Crippen LogP contribution is 2.62. The largest absolute Gasteiger partial charge is 0.396 e. The van der Waals surface area contributed by atoms with E-state index in [1.165, 1.54) is 35.6 Å². The van der Waals surface area contributed by atoms with Gasteiger partial charge in [0.15, 0.2) is 5.13 Å². The van der Waals surface area contributed by atoms with Gasteiger partial charge < -0.3 is 15.1 Å². The number of nitrogens with one attached hydrogen (secondary N) is 1. The summed E-state index contributed by atoms with van der Waals surface area (Å²) in [5.74, 6) is -0.995. The van der Waals surface area contributed by atoms with Crippen LogP contribution in [-0.2, 0) is 11.2 Å². The molecule has 5 atom stereocenters. The quantitative estimate of drug-likeness (QED) is 0.511. The van der Waals surface area contributed by atoms with Gasteiger partial charge in [-0.1, -0.05) is 13.8 Å². The van der Waals surface area contributed by atoms with Gasteiger partial charge in [-0.2, -0.15) is 0 Å². The number of amides is 2. The standard InChI is InChI=1S/C27H36FN3O4S/c1-5-31(6-2)22(34)13-18-23-19(14-20-26(18,3)12-11-21(33)27(20,4)15-32)36-25(29-23)30-24(35)16-7-9-17(28)10-8-16/h7-10,18,20-21,32-33H,5-6,11-15H2,1-4H3,(H,29,30,35). The lowest BCUT2D eigenvalue weighted by molar-refractivity contribution is -0.147. The molecular formula is C27H36FN3O4S. The van der Waals surface area contributed by atoms with E-state index in [4.69, 9.17) is 4.98 Å². The molecule has 0 spiro atoms. The van der Waals surface area contributed by atoms with Crippen molar-refractivity contribution in [2.24, 2.45) is 16.7 Å². The van der Waals surface area contributed by atoms with E-state index >= 15 is 0 Å².